The molecule has 1 fully saturated rings. The van der Waals surface area contributed by atoms with E-state index in [0.717, 1.165) is 81.7 Å². The highest BCUT2D eigenvalue weighted by Gasteiger charge is 2.43. The van der Waals surface area contributed by atoms with Crippen LogP contribution in [0.4, 0.5) is 5.69 Å². The van der Waals surface area contributed by atoms with Gasteiger partial charge in [0, 0.05) is 38.8 Å². The molecule has 258 valence electrons. The molecule has 2 aromatic rings. The second-order valence-electron chi connectivity index (χ2n) is 13.5. The number of halogens is 1. The van der Waals surface area contributed by atoms with Crippen molar-refractivity contribution >= 4 is 39.1 Å². The van der Waals surface area contributed by atoms with Crippen molar-refractivity contribution in [3.63, 3.8) is 0 Å². The average Bonchev–Trinajstić information content (AvgIpc) is 3.03. The van der Waals surface area contributed by atoms with Crippen LogP contribution in [-0.4, -0.2) is 76.4 Å². The van der Waals surface area contributed by atoms with Gasteiger partial charge < -0.3 is 24.4 Å². The van der Waals surface area contributed by atoms with E-state index in [9.17, 15) is 23.1 Å². The zero-order chi connectivity index (χ0) is 33.8. The number of nitrogens with zero attached hydrogens (tertiary/aromatic N) is 2. The van der Waals surface area contributed by atoms with Crippen LogP contribution in [-0.2, 0) is 43.0 Å². The van der Waals surface area contributed by atoms with Gasteiger partial charge in [-0.3, -0.25) is 14.3 Å². The molecule has 12 heteroatoms. The number of carbonyl (C=O) groups excluding carboxylic acids is 2. The minimum absolute atomic E-state index is 0.124. The summed E-state index contributed by atoms with van der Waals surface area (Å²) in [6.45, 7) is 2.18. The fraction of sp³-hybridized carbons (Fsp3) is 0.600. The first-order chi connectivity index (χ1) is 22.4. The lowest BCUT2D eigenvalue weighted by Gasteiger charge is -2.44. The van der Waals surface area contributed by atoms with Crippen molar-refractivity contribution in [2.75, 3.05) is 44.9 Å². The zero-order valence-corrected chi connectivity index (χ0v) is 29.2. The molecule has 47 heavy (non-hydrogen) atoms. The van der Waals surface area contributed by atoms with E-state index in [1.807, 2.05) is 22.9 Å². The van der Waals surface area contributed by atoms with Crippen molar-refractivity contribution in [3.8, 4) is 5.75 Å². The van der Waals surface area contributed by atoms with Crippen LogP contribution in [0.3, 0.4) is 0 Å². The fourth-order valence-corrected chi connectivity index (χ4v) is 7.91. The summed E-state index contributed by atoms with van der Waals surface area (Å²) in [5, 5.41) is 12.7. The minimum Gasteiger partial charge on any atom is -0.487 e. The molecule has 2 N–H and O–H groups in total. The van der Waals surface area contributed by atoms with Crippen LogP contribution in [0.2, 0.25) is 5.02 Å². The van der Waals surface area contributed by atoms with Crippen LogP contribution in [0.1, 0.15) is 74.5 Å². The Labute approximate surface area is 283 Å². The summed E-state index contributed by atoms with van der Waals surface area (Å²) in [6.07, 6.45) is 8.80. The molecular weight excluding hydrogens is 642 g/mol. The smallest absolute Gasteiger partial charge is 0.270 e. The molecule has 10 nitrogen and oxygen atoms in total. The van der Waals surface area contributed by atoms with Gasteiger partial charge in [-0.15, -0.1) is 0 Å². The van der Waals surface area contributed by atoms with E-state index >= 15 is 0 Å². The van der Waals surface area contributed by atoms with Crippen molar-refractivity contribution in [2.45, 2.75) is 82.5 Å². The molecule has 3 aliphatic rings. The third-order valence-corrected chi connectivity index (χ3v) is 10.9. The van der Waals surface area contributed by atoms with Crippen LogP contribution in [0.25, 0.3) is 0 Å². The molecule has 2 amide bonds. The molecule has 2 bridgehead atoms. The Balaban J connectivity index is 1.61. The number of rotatable bonds is 3. The Kier molecular flexibility index (Phi) is 11.4. The maximum Gasteiger partial charge on any atom is 0.270 e. The number of aryl methyl sites for hydroxylation is 1. The van der Waals surface area contributed by atoms with E-state index in [0.29, 0.717) is 48.0 Å². The van der Waals surface area contributed by atoms with Crippen molar-refractivity contribution in [1.29, 1.82) is 0 Å². The Bertz CT molecular complexity index is 1550. The molecule has 2 aromatic carbocycles. The highest BCUT2D eigenvalue weighted by atomic mass is 35.5. The largest absolute Gasteiger partial charge is 0.487 e. The first-order valence-electron chi connectivity index (χ1n) is 16.7. The van der Waals surface area contributed by atoms with Crippen LogP contribution in [0.5, 0.6) is 5.75 Å². The predicted octanol–water partition coefficient (Wildman–Crippen LogP) is 4.79. The van der Waals surface area contributed by atoms with Gasteiger partial charge in [0.25, 0.3) is 5.91 Å². The summed E-state index contributed by atoms with van der Waals surface area (Å²) in [4.78, 5) is 30.8. The summed E-state index contributed by atoms with van der Waals surface area (Å²) < 4.78 is 38.8. The molecule has 2 heterocycles. The summed E-state index contributed by atoms with van der Waals surface area (Å²) in [6, 6.07) is 10.8. The van der Waals surface area contributed by atoms with Crippen LogP contribution in [0.15, 0.2) is 36.4 Å². The van der Waals surface area contributed by atoms with Gasteiger partial charge in [-0.2, -0.15) is 0 Å². The van der Waals surface area contributed by atoms with Gasteiger partial charge in [0.05, 0.1) is 24.5 Å². The summed E-state index contributed by atoms with van der Waals surface area (Å²) in [7, 11) is -0.597. The molecule has 5 rings (SSSR count). The monoisotopic (exact) mass is 689 g/mol. The number of nitrogens with one attached hydrogen (secondary N) is 1. The maximum atomic E-state index is 13.6. The predicted molar refractivity (Wildman–Crippen MR) is 182 cm³/mol. The lowest BCUT2D eigenvalue weighted by atomic mass is 9.69. The quantitative estimate of drug-likeness (QED) is 0.472. The van der Waals surface area contributed by atoms with Crippen LogP contribution >= 0.6 is 11.6 Å². The van der Waals surface area contributed by atoms with Crippen molar-refractivity contribution in [3.05, 3.63) is 58.1 Å². The van der Waals surface area contributed by atoms with Crippen molar-refractivity contribution in [2.24, 2.45) is 11.8 Å². The minimum atomic E-state index is -4.03. The van der Waals surface area contributed by atoms with Gasteiger partial charge in [0.2, 0.25) is 15.9 Å². The molecular formula is C35H48ClN3O7S. The Morgan fingerprint density at radius 1 is 1.04 bits per heavy atom. The summed E-state index contributed by atoms with van der Waals surface area (Å²) >= 11 is 6.35. The second kappa shape index (κ2) is 15.1. The van der Waals surface area contributed by atoms with Gasteiger partial charge in [-0.25, -0.2) is 8.42 Å². The number of ether oxygens (including phenoxy) is 2. The number of benzene rings is 2. The number of anilines is 1. The van der Waals surface area contributed by atoms with Crippen molar-refractivity contribution < 1.29 is 32.6 Å². The van der Waals surface area contributed by atoms with Crippen LogP contribution in [0, 0.1) is 11.8 Å². The molecule has 0 unspecified atom stereocenters. The summed E-state index contributed by atoms with van der Waals surface area (Å²) in [5.41, 5.74) is 0.540. The van der Waals surface area contributed by atoms with E-state index in [1.165, 1.54) is 4.90 Å². The van der Waals surface area contributed by atoms with Gasteiger partial charge in [-0.1, -0.05) is 36.6 Å². The molecule has 2 aliphatic heterocycles. The van der Waals surface area contributed by atoms with E-state index in [2.05, 4.69) is 4.90 Å². The van der Waals surface area contributed by atoms with E-state index in [4.69, 9.17) is 21.1 Å². The van der Waals surface area contributed by atoms with Crippen molar-refractivity contribution in [1.82, 2.24) is 9.62 Å². The number of methoxy groups -OCH3 is 1. The number of hydrogen-bond acceptors (Lipinski definition) is 8. The highest BCUT2D eigenvalue weighted by molar-refractivity contribution is 7.89. The third-order valence-electron chi connectivity index (χ3n) is 10.1. The number of carbonyl (C=O) groups is 2. The molecule has 1 saturated carbocycles. The normalized spacial score (nSPS) is 26.4. The zero-order valence-electron chi connectivity index (χ0n) is 27.7. The third kappa shape index (κ3) is 8.60. The SMILES string of the molecule is CO[C@H]1CCCCCN(C)C(=O)C[C@@](O)(C(=O)NS(C)(=O)=O)c2ccc3c(c2)N(CCCCc2cc(Cl)ccc2CO3)C[C@@H]2CC[C@H]21. The Morgan fingerprint density at radius 3 is 2.55 bits per heavy atom. The topological polar surface area (TPSA) is 125 Å². The van der Waals surface area contributed by atoms with Gasteiger partial charge in [0.15, 0.2) is 5.60 Å². The lowest BCUT2D eigenvalue weighted by Crippen LogP contribution is -2.49. The first-order valence-corrected chi connectivity index (χ1v) is 19.0. The van der Waals surface area contributed by atoms with Gasteiger partial charge in [-0.05, 0) is 97.7 Å². The Morgan fingerprint density at radius 2 is 1.83 bits per heavy atom. The highest BCUT2D eigenvalue weighted by Crippen LogP contribution is 2.43. The molecule has 0 spiro atoms. The molecule has 1 aliphatic carbocycles. The number of sulfonamides is 1. The average molecular weight is 690 g/mol. The van der Waals surface area contributed by atoms with E-state index in [1.54, 1.807) is 32.4 Å². The molecule has 0 aromatic heterocycles. The standard InChI is InChI=1S/C35H48ClN3O7S/c1-38-17-7-4-5-10-31(45-2)29-15-12-25(29)22-39-18-8-6-9-24-19-28(36)14-11-26(24)23-46-32-16-13-27(20-30(32)39)35(42,21-33(38)40)34(41)37-47(3,43)44/h11,13-14,16,19-20,25,29,31,42H,4-10,12,15,17-18,21-23H2,1-3H3,(H,37,41)/t25-,29+,31-,35-/m0/s1. The Hall–Kier alpha value is -2.86. The van der Waals surface area contributed by atoms with E-state index < -0.39 is 33.9 Å². The first kappa shape index (κ1) is 35.4. The van der Waals surface area contributed by atoms with Crippen LogP contribution < -0.4 is 14.4 Å². The molecule has 0 radical (unpaired) electrons. The lowest BCUT2D eigenvalue weighted by molar-refractivity contribution is -0.148. The number of amides is 2. The fourth-order valence-electron chi connectivity index (χ4n) is 7.21. The van der Waals surface area contributed by atoms with E-state index in [-0.39, 0.29) is 11.7 Å². The number of hydrogen-bond donors (Lipinski definition) is 2. The summed E-state index contributed by atoms with van der Waals surface area (Å²) in [5.74, 6) is -0.268. The van der Waals surface area contributed by atoms with Gasteiger partial charge >= 0.3 is 0 Å². The molecule has 0 saturated heterocycles. The maximum absolute atomic E-state index is 13.6. The number of aliphatic hydroxyl groups is 1. The van der Waals surface area contributed by atoms with Gasteiger partial charge in [0.1, 0.15) is 12.4 Å². The second-order valence-corrected chi connectivity index (χ2v) is 15.7. The molecule has 4 atom stereocenters. The number of fused-ring (bicyclic) bond motifs is 3.